The Bertz CT molecular complexity index is 880. The Morgan fingerprint density at radius 3 is 3.00 bits per heavy atom. The number of hydrogen-bond donors (Lipinski definition) is 0. The quantitative estimate of drug-likeness (QED) is 0.725. The van der Waals surface area contributed by atoms with Gasteiger partial charge < -0.3 is 4.57 Å². The van der Waals surface area contributed by atoms with Crippen LogP contribution in [0.5, 0.6) is 0 Å². The number of rotatable bonds is 5. The van der Waals surface area contributed by atoms with Crippen LogP contribution in [0.2, 0.25) is 0 Å². The summed E-state index contributed by atoms with van der Waals surface area (Å²) in [6.07, 6.45) is 10.4. The topological polar surface area (TPSA) is 72.3 Å². The van der Waals surface area contributed by atoms with Crippen LogP contribution in [-0.2, 0) is 6.54 Å². The van der Waals surface area contributed by atoms with Crippen LogP contribution in [-0.4, -0.2) is 24.3 Å². The van der Waals surface area contributed by atoms with E-state index in [2.05, 4.69) is 38.7 Å². The molecule has 6 nitrogen and oxygen atoms in total. The molecule has 1 atom stereocenters. The standard InChI is InChI=1S/C17H18N6/c1-2-22-8-6-14-16(19-11-20-17(14)22)13-9-21-23(10-13)15(5-7-18)12-3-4-12/h6,8-12,15H,2-5H2,1H3/t15-/m1/s1. The van der Waals surface area contributed by atoms with E-state index in [0.29, 0.717) is 12.3 Å². The molecule has 0 aromatic carbocycles. The van der Waals surface area contributed by atoms with Crippen LogP contribution in [0.1, 0.15) is 32.2 Å². The number of fused-ring (bicyclic) bond motifs is 1. The van der Waals surface area contributed by atoms with Gasteiger partial charge in [-0.2, -0.15) is 10.4 Å². The largest absolute Gasteiger partial charge is 0.333 e. The molecular formula is C17H18N6. The van der Waals surface area contributed by atoms with Gasteiger partial charge in [0.15, 0.2) is 0 Å². The second-order valence-corrected chi connectivity index (χ2v) is 6.04. The summed E-state index contributed by atoms with van der Waals surface area (Å²) in [5.41, 5.74) is 2.83. The van der Waals surface area contributed by atoms with Gasteiger partial charge in [-0.3, -0.25) is 4.68 Å². The minimum absolute atomic E-state index is 0.186. The predicted octanol–water partition coefficient (Wildman–Crippen LogP) is 3.18. The average molecular weight is 306 g/mol. The van der Waals surface area contributed by atoms with Crippen molar-refractivity contribution in [2.24, 2.45) is 5.92 Å². The minimum Gasteiger partial charge on any atom is -0.333 e. The van der Waals surface area contributed by atoms with Gasteiger partial charge in [0.2, 0.25) is 0 Å². The Hall–Kier alpha value is -2.68. The summed E-state index contributed by atoms with van der Waals surface area (Å²) < 4.78 is 4.05. The van der Waals surface area contributed by atoms with Gasteiger partial charge in [-0.25, -0.2) is 9.97 Å². The molecule has 0 spiro atoms. The fourth-order valence-corrected chi connectivity index (χ4v) is 3.18. The molecule has 0 bridgehead atoms. The normalized spacial score (nSPS) is 15.7. The number of nitrogens with zero attached hydrogens (tertiary/aromatic N) is 6. The molecule has 3 aromatic rings. The van der Waals surface area contributed by atoms with Gasteiger partial charge >= 0.3 is 0 Å². The first-order chi connectivity index (χ1) is 11.3. The Labute approximate surface area is 134 Å². The zero-order valence-electron chi connectivity index (χ0n) is 13.1. The van der Waals surface area contributed by atoms with Crippen LogP contribution in [0.3, 0.4) is 0 Å². The second-order valence-electron chi connectivity index (χ2n) is 6.04. The summed E-state index contributed by atoms with van der Waals surface area (Å²) in [6.45, 7) is 2.98. The minimum atomic E-state index is 0.186. The van der Waals surface area contributed by atoms with Crippen molar-refractivity contribution >= 4 is 11.0 Å². The lowest BCUT2D eigenvalue weighted by molar-refractivity contribution is 0.412. The first-order valence-corrected chi connectivity index (χ1v) is 8.03. The summed E-state index contributed by atoms with van der Waals surface area (Å²) in [5, 5.41) is 14.6. The first kappa shape index (κ1) is 13.9. The third kappa shape index (κ3) is 2.38. The maximum Gasteiger partial charge on any atom is 0.143 e. The molecule has 116 valence electrons. The Morgan fingerprint density at radius 2 is 2.26 bits per heavy atom. The smallest absolute Gasteiger partial charge is 0.143 e. The van der Waals surface area contributed by atoms with E-state index in [0.717, 1.165) is 28.8 Å². The van der Waals surface area contributed by atoms with Crippen LogP contribution in [0.4, 0.5) is 0 Å². The van der Waals surface area contributed by atoms with Crippen LogP contribution in [0.15, 0.2) is 31.0 Å². The van der Waals surface area contributed by atoms with Crippen molar-refractivity contribution in [3.8, 4) is 17.3 Å². The highest BCUT2D eigenvalue weighted by atomic mass is 15.3. The monoisotopic (exact) mass is 306 g/mol. The molecular weight excluding hydrogens is 288 g/mol. The number of hydrogen-bond acceptors (Lipinski definition) is 4. The van der Waals surface area contributed by atoms with Gasteiger partial charge in [0.25, 0.3) is 0 Å². The Kier molecular flexibility index (Phi) is 3.34. The van der Waals surface area contributed by atoms with Crippen molar-refractivity contribution in [3.63, 3.8) is 0 Å². The average Bonchev–Trinajstić information content (AvgIpc) is 3.14. The lowest BCUT2D eigenvalue weighted by Gasteiger charge is -2.12. The van der Waals surface area contributed by atoms with Crippen LogP contribution in [0, 0.1) is 17.2 Å². The number of aryl methyl sites for hydroxylation is 1. The summed E-state index contributed by atoms with van der Waals surface area (Å²) in [7, 11) is 0. The van der Waals surface area contributed by atoms with Crippen LogP contribution >= 0.6 is 0 Å². The molecule has 0 N–H and O–H groups in total. The van der Waals surface area contributed by atoms with Gasteiger partial charge in [-0.05, 0) is 31.7 Å². The van der Waals surface area contributed by atoms with Gasteiger partial charge in [-0.1, -0.05) is 0 Å². The van der Waals surface area contributed by atoms with E-state index in [4.69, 9.17) is 5.26 Å². The van der Waals surface area contributed by atoms with Gasteiger partial charge in [0, 0.05) is 29.9 Å². The highest BCUT2D eigenvalue weighted by Crippen LogP contribution is 2.41. The van der Waals surface area contributed by atoms with Crippen molar-refractivity contribution in [2.45, 2.75) is 38.8 Å². The molecule has 3 heterocycles. The Morgan fingerprint density at radius 1 is 1.39 bits per heavy atom. The molecule has 0 radical (unpaired) electrons. The fraction of sp³-hybridized carbons (Fsp3) is 0.412. The van der Waals surface area contributed by atoms with E-state index in [9.17, 15) is 0 Å². The molecule has 1 saturated carbocycles. The summed E-state index contributed by atoms with van der Waals surface area (Å²) in [5.74, 6) is 0.592. The zero-order valence-corrected chi connectivity index (χ0v) is 13.1. The molecule has 0 saturated heterocycles. The highest BCUT2D eigenvalue weighted by molar-refractivity contribution is 5.90. The van der Waals surface area contributed by atoms with Crippen molar-refractivity contribution in [2.75, 3.05) is 0 Å². The molecule has 6 heteroatoms. The Balaban J connectivity index is 1.74. The first-order valence-electron chi connectivity index (χ1n) is 8.03. The van der Waals surface area contributed by atoms with Crippen molar-refractivity contribution in [1.82, 2.24) is 24.3 Å². The van der Waals surface area contributed by atoms with E-state index in [1.54, 1.807) is 6.33 Å². The van der Waals surface area contributed by atoms with E-state index in [1.165, 1.54) is 12.8 Å². The molecule has 0 aliphatic heterocycles. The number of nitriles is 1. The van der Waals surface area contributed by atoms with E-state index in [1.807, 2.05) is 23.3 Å². The zero-order chi connectivity index (χ0) is 15.8. The third-order valence-electron chi connectivity index (χ3n) is 4.58. The summed E-state index contributed by atoms with van der Waals surface area (Å²) in [6, 6.07) is 4.53. The summed E-state index contributed by atoms with van der Waals surface area (Å²) >= 11 is 0. The predicted molar refractivity (Wildman–Crippen MR) is 86.4 cm³/mol. The van der Waals surface area contributed by atoms with E-state index in [-0.39, 0.29) is 6.04 Å². The highest BCUT2D eigenvalue weighted by Gasteiger charge is 2.33. The van der Waals surface area contributed by atoms with E-state index >= 15 is 0 Å². The molecule has 23 heavy (non-hydrogen) atoms. The molecule has 0 amide bonds. The molecule has 1 fully saturated rings. The molecule has 1 aliphatic carbocycles. The second kappa shape index (κ2) is 5.51. The lowest BCUT2D eigenvalue weighted by atomic mass is 10.1. The van der Waals surface area contributed by atoms with Gasteiger partial charge in [0.05, 0.1) is 30.4 Å². The molecule has 0 unspecified atom stereocenters. The maximum absolute atomic E-state index is 9.06. The maximum atomic E-state index is 9.06. The SMILES string of the molecule is CCn1ccc2c(-c3cnn([C@H](CC#N)C4CC4)c3)ncnc21. The fourth-order valence-electron chi connectivity index (χ4n) is 3.18. The molecule has 1 aliphatic rings. The molecule has 4 rings (SSSR count). The lowest BCUT2D eigenvalue weighted by Crippen LogP contribution is -2.10. The van der Waals surface area contributed by atoms with Crippen molar-refractivity contribution < 1.29 is 0 Å². The van der Waals surface area contributed by atoms with Gasteiger partial charge in [0.1, 0.15) is 12.0 Å². The van der Waals surface area contributed by atoms with Crippen LogP contribution < -0.4 is 0 Å². The summed E-state index contributed by atoms with van der Waals surface area (Å²) in [4.78, 5) is 8.85. The van der Waals surface area contributed by atoms with Crippen molar-refractivity contribution in [3.05, 3.63) is 31.0 Å². The van der Waals surface area contributed by atoms with Crippen LogP contribution in [0.25, 0.3) is 22.3 Å². The number of aromatic nitrogens is 5. The van der Waals surface area contributed by atoms with Gasteiger partial charge in [-0.15, -0.1) is 0 Å². The van der Waals surface area contributed by atoms with Crippen molar-refractivity contribution in [1.29, 1.82) is 5.26 Å². The molecule has 3 aromatic heterocycles. The van der Waals surface area contributed by atoms with E-state index < -0.39 is 0 Å². The third-order valence-corrected chi connectivity index (χ3v) is 4.58.